The maximum absolute atomic E-state index is 5.75. The third-order valence-corrected chi connectivity index (χ3v) is 2.69. The molecule has 0 radical (unpaired) electrons. The third-order valence-electron chi connectivity index (χ3n) is 2.52. The highest BCUT2D eigenvalue weighted by Gasteiger charge is 2.06. The van der Waals surface area contributed by atoms with Gasteiger partial charge >= 0.3 is 0 Å². The Morgan fingerprint density at radius 2 is 1.94 bits per heavy atom. The predicted octanol–water partition coefficient (Wildman–Crippen LogP) is 2.31. The summed E-state index contributed by atoms with van der Waals surface area (Å²) in [5.74, 6) is 0.751. The van der Waals surface area contributed by atoms with E-state index in [1.807, 2.05) is 0 Å². The molecule has 2 rings (SSSR count). The molecule has 0 aliphatic carbocycles. The Morgan fingerprint density at radius 3 is 2.65 bits per heavy atom. The molecule has 5 heteroatoms. The van der Waals surface area contributed by atoms with Crippen LogP contribution < -0.4 is 5.73 Å². The van der Waals surface area contributed by atoms with Crippen molar-refractivity contribution in [3.63, 3.8) is 0 Å². The lowest BCUT2D eigenvalue weighted by Crippen LogP contribution is -2.04. The van der Waals surface area contributed by atoms with E-state index in [1.54, 1.807) is 0 Å². The molecule has 0 spiro atoms. The largest absolute Gasteiger partial charge is 0.368 e. The van der Waals surface area contributed by atoms with Crippen LogP contribution in [0.1, 0.15) is 22.5 Å². The molecule has 1 aromatic heterocycles. The maximum Gasteiger partial charge on any atom is 0.227 e. The molecule has 0 saturated heterocycles. The van der Waals surface area contributed by atoms with Crippen LogP contribution in [0.25, 0.3) is 0 Å². The Morgan fingerprint density at radius 1 is 1.18 bits per heavy atom. The molecule has 2 aromatic rings. The predicted molar refractivity (Wildman–Crippen MR) is 68.0 cm³/mol. The van der Waals surface area contributed by atoms with E-state index in [2.05, 4.69) is 47.0 Å². The van der Waals surface area contributed by atoms with Gasteiger partial charge in [0.2, 0.25) is 11.2 Å². The number of rotatable bonds is 2. The van der Waals surface area contributed by atoms with Gasteiger partial charge in [-0.2, -0.15) is 9.97 Å². The first-order valence-electron chi connectivity index (χ1n) is 5.26. The standard InChI is InChI=1S/C12H13ClN4/c1-7-3-4-8(2)9(5-7)6-10-15-11(13)17-12(14)16-10/h3-5H,6H2,1-2H3,(H2,14,15,16,17). The molecule has 88 valence electrons. The SMILES string of the molecule is Cc1ccc(C)c(Cc2nc(N)nc(Cl)n2)c1. The molecule has 0 aliphatic rings. The molecule has 0 atom stereocenters. The molecule has 0 unspecified atom stereocenters. The van der Waals surface area contributed by atoms with Crippen molar-refractivity contribution >= 4 is 17.5 Å². The number of anilines is 1. The Bertz CT molecular complexity index is 534. The van der Waals surface area contributed by atoms with Crippen LogP contribution in [0, 0.1) is 13.8 Å². The topological polar surface area (TPSA) is 64.7 Å². The van der Waals surface area contributed by atoms with Crippen LogP contribution in [0.2, 0.25) is 5.28 Å². The first kappa shape index (κ1) is 11.8. The minimum Gasteiger partial charge on any atom is -0.368 e. The number of benzene rings is 1. The van der Waals surface area contributed by atoms with Crippen LogP contribution >= 0.6 is 11.6 Å². The molecule has 17 heavy (non-hydrogen) atoms. The van der Waals surface area contributed by atoms with E-state index >= 15 is 0 Å². The van der Waals surface area contributed by atoms with E-state index in [9.17, 15) is 0 Å². The highest BCUT2D eigenvalue weighted by molar-refractivity contribution is 6.28. The number of nitrogens with two attached hydrogens (primary N) is 1. The number of hydrogen-bond acceptors (Lipinski definition) is 4. The zero-order valence-electron chi connectivity index (χ0n) is 9.74. The van der Waals surface area contributed by atoms with Crippen LogP contribution in [0.15, 0.2) is 18.2 Å². The van der Waals surface area contributed by atoms with Crippen LogP contribution in [-0.4, -0.2) is 15.0 Å². The van der Waals surface area contributed by atoms with Gasteiger partial charge in [0, 0.05) is 6.42 Å². The van der Waals surface area contributed by atoms with Crippen LogP contribution in [-0.2, 0) is 6.42 Å². The fourth-order valence-electron chi connectivity index (χ4n) is 1.65. The van der Waals surface area contributed by atoms with Gasteiger partial charge in [0.1, 0.15) is 5.82 Å². The van der Waals surface area contributed by atoms with E-state index in [0.717, 1.165) is 0 Å². The average Bonchev–Trinajstić information content (AvgIpc) is 2.22. The molecule has 0 amide bonds. The summed E-state index contributed by atoms with van der Waals surface area (Å²) in [6.45, 7) is 4.11. The van der Waals surface area contributed by atoms with Gasteiger partial charge in [0.15, 0.2) is 0 Å². The van der Waals surface area contributed by atoms with Crippen LogP contribution in [0.4, 0.5) is 5.95 Å². The lowest BCUT2D eigenvalue weighted by atomic mass is 10.0. The summed E-state index contributed by atoms with van der Waals surface area (Å²) in [4.78, 5) is 11.9. The molecule has 1 aromatic carbocycles. The smallest absolute Gasteiger partial charge is 0.227 e. The number of aromatic nitrogens is 3. The molecule has 0 aliphatic heterocycles. The van der Waals surface area contributed by atoms with E-state index in [4.69, 9.17) is 17.3 Å². The number of aryl methyl sites for hydroxylation is 2. The highest BCUT2D eigenvalue weighted by atomic mass is 35.5. The summed E-state index contributed by atoms with van der Waals surface area (Å²) >= 11 is 5.75. The van der Waals surface area contributed by atoms with Gasteiger partial charge in [-0.1, -0.05) is 23.8 Å². The fraction of sp³-hybridized carbons (Fsp3) is 0.250. The van der Waals surface area contributed by atoms with Crippen molar-refractivity contribution < 1.29 is 0 Å². The zero-order chi connectivity index (χ0) is 12.4. The summed E-state index contributed by atoms with van der Waals surface area (Å²) in [6, 6.07) is 6.27. The third kappa shape index (κ3) is 2.91. The zero-order valence-corrected chi connectivity index (χ0v) is 10.5. The molecule has 0 fully saturated rings. The first-order chi connectivity index (χ1) is 8.04. The summed E-state index contributed by atoms with van der Waals surface area (Å²) in [5, 5.41) is 0.137. The number of halogens is 1. The van der Waals surface area contributed by atoms with Crippen molar-refractivity contribution in [1.82, 2.24) is 15.0 Å². The number of nitrogens with zero attached hydrogens (tertiary/aromatic N) is 3. The van der Waals surface area contributed by atoms with E-state index in [1.165, 1.54) is 16.7 Å². The molecule has 1 heterocycles. The summed E-state index contributed by atoms with van der Waals surface area (Å²) < 4.78 is 0. The molecular formula is C12H13ClN4. The van der Waals surface area contributed by atoms with Crippen molar-refractivity contribution in [1.29, 1.82) is 0 Å². The van der Waals surface area contributed by atoms with E-state index < -0.39 is 0 Å². The van der Waals surface area contributed by atoms with Gasteiger partial charge in [-0.05, 0) is 36.6 Å². The van der Waals surface area contributed by atoms with Gasteiger partial charge in [-0.3, -0.25) is 0 Å². The second kappa shape index (κ2) is 4.67. The van der Waals surface area contributed by atoms with Crippen molar-refractivity contribution in [3.05, 3.63) is 46.0 Å². The minimum atomic E-state index is 0.137. The van der Waals surface area contributed by atoms with Crippen LogP contribution in [0.5, 0.6) is 0 Å². The van der Waals surface area contributed by atoms with Crippen molar-refractivity contribution in [2.45, 2.75) is 20.3 Å². The molecule has 2 N–H and O–H groups in total. The molecule has 0 bridgehead atoms. The van der Waals surface area contributed by atoms with Gasteiger partial charge in [-0.25, -0.2) is 4.98 Å². The van der Waals surface area contributed by atoms with Gasteiger partial charge < -0.3 is 5.73 Å². The van der Waals surface area contributed by atoms with Crippen molar-refractivity contribution in [2.75, 3.05) is 5.73 Å². The monoisotopic (exact) mass is 248 g/mol. The van der Waals surface area contributed by atoms with Gasteiger partial charge in [0.05, 0.1) is 0 Å². The quantitative estimate of drug-likeness (QED) is 0.886. The van der Waals surface area contributed by atoms with Crippen LogP contribution in [0.3, 0.4) is 0 Å². The summed E-state index contributed by atoms with van der Waals surface area (Å²) in [5.41, 5.74) is 9.11. The van der Waals surface area contributed by atoms with Gasteiger partial charge in [-0.15, -0.1) is 0 Å². The maximum atomic E-state index is 5.75. The molecule has 0 saturated carbocycles. The lowest BCUT2D eigenvalue weighted by Gasteiger charge is -2.06. The fourth-order valence-corrected chi connectivity index (χ4v) is 1.83. The Balaban J connectivity index is 2.34. The van der Waals surface area contributed by atoms with Crippen molar-refractivity contribution in [3.8, 4) is 0 Å². The first-order valence-corrected chi connectivity index (χ1v) is 5.64. The van der Waals surface area contributed by atoms with E-state index in [0.29, 0.717) is 12.2 Å². The second-order valence-electron chi connectivity index (χ2n) is 3.99. The average molecular weight is 249 g/mol. The Hall–Kier alpha value is -1.68. The Labute approximate surface area is 105 Å². The summed E-state index contributed by atoms with van der Waals surface area (Å²) in [7, 11) is 0. The number of hydrogen-bond donors (Lipinski definition) is 1. The molecular weight excluding hydrogens is 236 g/mol. The normalized spacial score (nSPS) is 10.5. The minimum absolute atomic E-state index is 0.137. The lowest BCUT2D eigenvalue weighted by molar-refractivity contribution is 0.924. The Kier molecular flexibility index (Phi) is 3.24. The van der Waals surface area contributed by atoms with E-state index in [-0.39, 0.29) is 11.2 Å². The number of nitrogen functional groups attached to an aromatic ring is 1. The van der Waals surface area contributed by atoms with Crippen molar-refractivity contribution in [2.24, 2.45) is 0 Å². The molecule has 4 nitrogen and oxygen atoms in total. The summed E-state index contributed by atoms with van der Waals surface area (Å²) in [6.07, 6.45) is 0.611. The second-order valence-corrected chi connectivity index (χ2v) is 4.32. The highest BCUT2D eigenvalue weighted by Crippen LogP contribution is 2.14. The van der Waals surface area contributed by atoms with Gasteiger partial charge in [0.25, 0.3) is 0 Å².